The van der Waals surface area contributed by atoms with E-state index in [0.717, 1.165) is 0 Å². The fourth-order valence-corrected chi connectivity index (χ4v) is 2.78. The largest absolute Gasteiger partial charge is 0.493 e. The van der Waals surface area contributed by atoms with Crippen LogP contribution in [0.2, 0.25) is 5.02 Å². The van der Waals surface area contributed by atoms with Crippen LogP contribution in [0, 0.1) is 0 Å². The number of ether oxygens (including phenoxy) is 2. The van der Waals surface area contributed by atoms with Crippen LogP contribution in [-0.4, -0.2) is 29.8 Å². The first-order valence-electron chi connectivity index (χ1n) is 6.21. The molecule has 0 unspecified atom stereocenters. The number of halogens is 2. The van der Waals surface area contributed by atoms with Gasteiger partial charge >= 0.3 is 0 Å². The summed E-state index contributed by atoms with van der Waals surface area (Å²) in [4.78, 5) is 12.7. The third-order valence-electron chi connectivity index (χ3n) is 3.01. The normalized spacial score (nSPS) is 10.5. The zero-order chi connectivity index (χ0) is 15.6. The summed E-state index contributed by atoms with van der Waals surface area (Å²) in [6, 6.07) is 3.16. The molecule has 21 heavy (non-hydrogen) atoms. The summed E-state index contributed by atoms with van der Waals surface area (Å²) in [5.74, 6) is 0.620. The molecule has 5 nitrogen and oxygen atoms in total. The number of rotatable bonds is 5. The van der Waals surface area contributed by atoms with Crippen LogP contribution in [0.3, 0.4) is 0 Å². The van der Waals surface area contributed by atoms with Crippen LogP contribution in [0.5, 0.6) is 11.5 Å². The zero-order valence-corrected chi connectivity index (χ0v) is 14.2. The van der Waals surface area contributed by atoms with E-state index < -0.39 is 0 Å². The van der Waals surface area contributed by atoms with E-state index in [-0.39, 0.29) is 5.78 Å². The lowest BCUT2D eigenvalue weighted by atomic mass is 10.1. The van der Waals surface area contributed by atoms with Crippen LogP contribution in [0.4, 0.5) is 0 Å². The van der Waals surface area contributed by atoms with E-state index in [1.807, 2.05) is 6.92 Å². The van der Waals surface area contributed by atoms with Crippen molar-refractivity contribution < 1.29 is 14.3 Å². The number of carbonyl (C=O) groups excluding carboxylic acids is 1. The van der Waals surface area contributed by atoms with E-state index in [9.17, 15) is 4.79 Å². The highest BCUT2D eigenvalue weighted by molar-refractivity contribution is 9.10. The van der Waals surface area contributed by atoms with Crippen molar-refractivity contribution in [2.45, 2.75) is 13.5 Å². The molecule has 1 aromatic heterocycles. The Morgan fingerprint density at radius 2 is 2.10 bits per heavy atom. The van der Waals surface area contributed by atoms with Gasteiger partial charge in [-0.3, -0.25) is 9.48 Å². The summed E-state index contributed by atoms with van der Waals surface area (Å²) in [5.41, 5.74) is 0.884. The minimum Gasteiger partial charge on any atom is -0.493 e. The molecule has 0 saturated heterocycles. The van der Waals surface area contributed by atoms with E-state index in [0.29, 0.717) is 38.8 Å². The Bertz CT molecular complexity index is 685. The van der Waals surface area contributed by atoms with Crippen molar-refractivity contribution in [1.82, 2.24) is 9.78 Å². The average molecular weight is 374 g/mol. The summed E-state index contributed by atoms with van der Waals surface area (Å²) in [6.45, 7) is 2.51. The SMILES string of the molecule is CCn1ncc(Br)c1C(=O)c1cc(Cl)c(OC)c(OC)c1. The molecule has 0 aliphatic heterocycles. The van der Waals surface area contributed by atoms with Crippen LogP contribution in [0.25, 0.3) is 0 Å². The lowest BCUT2D eigenvalue weighted by molar-refractivity contribution is 0.102. The van der Waals surface area contributed by atoms with E-state index in [2.05, 4.69) is 21.0 Å². The van der Waals surface area contributed by atoms with Gasteiger partial charge in [-0.1, -0.05) is 11.6 Å². The van der Waals surface area contributed by atoms with E-state index in [1.54, 1.807) is 23.0 Å². The number of carbonyl (C=O) groups is 1. The van der Waals surface area contributed by atoms with Crippen molar-refractivity contribution in [1.29, 1.82) is 0 Å². The van der Waals surface area contributed by atoms with E-state index >= 15 is 0 Å². The molecule has 0 bridgehead atoms. The second-order valence-electron chi connectivity index (χ2n) is 4.18. The topological polar surface area (TPSA) is 53.4 Å². The van der Waals surface area contributed by atoms with Gasteiger partial charge in [0.05, 0.1) is 29.9 Å². The Balaban J connectivity index is 2.54. The van der Waals surface area contributed by atoms with Crippen molar-refractivity contribution in [3.05, 3.63) is 39.1 Å². The van der Waals surface area contributed by atoms with Gasteiger partial charge in [0, 0.05) is 12.1 Å². The Morgan fingerprint density at radius 3 is 2.67 bits per heavy atom. The van der Waals surface area contributed by atoms with E-state index in [1.165, 1.54) is 14.2 Å². The van der Waals surface area contributed by atoms with Gasteiger partial charge in [-0.25, -0.2) is 0 Å². The number of hydrogen-bond acceptors (Lipinski definition) is 4. The van der Waals surface area contributed by atoms with Crippen molar-refractivity contribution in [2.24, 2.45) is 0 Å². The van der Waals surface area contributed by atoms with Gasteiger partial charge in [0.1, 0.15) is 5.69 Å². The number of methoxy groups -OCH3 is 2. The Morgan fingerprint density at radius 1 is 1.38 bits per heavy atom. The highest BCUT2D eigenvalue weighted by Crippen LogP contribution is 2.37. The molecule has 0 atom stereocenters. The molecule has 2 aromatic rings. The van der Waals surface area contributed by atoms with Crippen LogP contribution in [-0.2, 0) is 6.54 Å². The van der Waals surface area contributed by atoms with E-state index in [4.69, 9.17) is 21.1 Å². The molecule has 1 aromatic carbocycles. The number of benzene rings is 1. The van der Waals surface area contributed by atoms with Crippen LogP contribution >= 0.6 is 27.5 Å². The lowest BCUT2D eigenvalue weighted by Gasteiger charge is -2.12. The van der Waals surface area contributed by atoms with Gasteiger partial charge in [0.15, 0.2) is 11.5 Å². The van der Waals surface area contributed by atoms with Gasteiger partial charge in [0.2, 0.25) is 5.78 Å². The zero-order valence-electron chi connectivity index (χ0n) is 11.8. The average Bonchev–Trinajstić information content (AvgIpc) is 2.86. The van der Waals surface area contributed by atoms with Gasteiger partial charge < -0.3 is 9.47 Å². The lowest BCUT2D eigenvalue weighted by Crippen LogP contribution is -2.11. The first-order valence-corrected chi connectivity index (χ1v) is 7.38. The second kappa shape index (κ2) is 6.49. The summed E-state index contributed by atoms with van der Waals surface area (Å²) in [7, 11) is 2.99. The highest BCUT2D eigenvalue weighted by atomic mass is 79.9. The molecule has 0 spiro atoms. The van der Waals surface area contributed by atoms with Gasteiger partial charge in [-0.05, 0) is 35.0 Å². The van der Waals surface area contributed by atoms with Gasteiger partial charge in [-0.15, -0.1) is 0 Å². The molecule has 0 radical (unpaired) electrons. The molecule has 0 amide bonds. The molecule has 0 fully saturated rings. The molecule has 1 heterocycles. The highest BCUT2D eigenvalue weighted by Gasteiger charge is 2.21. The summed E-state index contributed by atoms with van der Waals surface area (Å²) >= 11 is 9.49. The maximum absolute atomic E-state index is 12.7. The fraction of sp³-hybridized carbons (Fsp3) is 0.286. The first-order chi connectivity index (χ1) is 10.0. The molecular formula is C14H14BrClN2O3. The van der Waals surface area contributed by atoms with Gasteiger partial charge in [-0.2, -0.15) is 5.10 Å². The number of aromatic nitrogens is 2. The summed E-state index contributed by atoms with van der Waals surface area (Å²) in [6.07, 6.45) is 1.60. The van der Waals surface area contributed by atoms with Crippen LogP contribution < -0.4 is 9.47 Å². The molecule has 0 aliphatic rings. The number of aryl methyl sites for hydroxylation is 1. The first kappa shape index (κ1) is 15.9. The Kier molecular flexibility index (Phi) is 4.90. The van der Waals surface area contributed by atoms with Crippen LogP contribution in [0.1, 0.15) is 23.0 Å². The fourth-order valence-electron chi connectivity index (χ4n) is 2.01. The Hall–Kier alpha value is -1.53. The van der Waals surface area contributed by atoms with Gasteiger partial charge in [0.25, 0.3) is 0 Å². The maximum Gasteiger partial charge on any atom is 0.212 e. The molecule has 0 saturated carbocycles. The number of ketones is 1. The number of nitrogens with zero attached hydrogens (tertiary/aromatic N) is 2. The smallest absolute Gasteiger partial charge is 0.212 e. The Labute approximate surface area is 135 Å². The molecule has 0 N–H and O–H groups in total. The molecule has 2 rings (SSSR count). The molecule has 112 valence electrons. The van der Waals surface area contributed by atoms with Crippen LogP contribution in [0.15, 0.2) is 22.8 Å². The minimum atomic E-state index is -0.191. The third kappa shape index (κ3) is 2.91. The predicted octanol–water partition coefficient (Wildman–Crippen LogP) is 3.57. The molecular weight excluding hydrogens is 360 g/mol. The monoisotopic (exact) mass is 372 g/mol. The van der Waals surface area contributed by atoms with Crippen molar-refractivity contribution in [3.63, 3.8) is 0 Å². The molecule has 0 aliphatic carbocycles. The van der Waals surface area contributed by atoms with Crippen molar-refractivity contribution in [3.8, 4) is 11.5 Å². The number of hydrogen-bond donors (Lipinski definition) is 0. The van der Waals surface area contributed by atoms with Crippen molar-refractivity contribution >= 4 is 33.3 Å². The molecule has 7 heteroatoms. The summed E-state index contributed by atoms with van der Waals surface area (Å²) < 4.78 is 12.6. The standard InChI is InChI=1S/C14H14BrClN2O3/c1-4-18-12(9(15)7-17-18)13(19)8-5-10(16)14(21-3)11(6-8)20-2/h5-7H,4H2,1-3H3. The predicted molar refractivity (Wildman–Crippen MR) is 83.6 cm³/mol. The van der Waals surface area contributed by atoms with Crippen molar-refractivity contribution in [2.75, 3.05) is 14.2 Å². The minimum absolute atomic E-state index is 0.191. The second-order valence-corrected chi connectivity index (χ2v) is 5.44. The quantitative estimate of drug-likeness (QED) is 0.752. The maximum atomic E-state index is 12.7. The third-order valence-corrected chi connectivity index (χ3v) is 3.87. The summed E-state index contributed by atoms with van der Waals surface area (Å²) in [5, 5.41) is 4.46.